The Kier molecular flexibility index (Phi) is 6.24. The summed E-state index contributed by atoms with van der Waals surface area (Å²) in [4.78, 5) is 29.9. The monoisotopic (exact) mass is 374 g/mol. The number of carbonyl (C=O) groups excluding carboxylic acids is 2. The van der Waals surface area contributed by atoms with Crippen molar-refractivity contribution in [3.05, 3.63) is 23.8 Å². The summed E-state index contributed by atoms with van der Waals surface area (Å²) < 4.78 is 10.7. The van der Waals surface area contributed by atoms with Gasteiger partial charge in [-0.15, -0.1) is 0 Å². The third-order valence-electron chi connectivity index (χ3n) is 5.74. The molecule has 27 heavy (non-hydrogen) atoms. The molecule has 2 amide bonds. The molecule has 2 heterocycles. The largest absolute Gasteiger partial charge is 0.454 e. The topological polar surface area (TPSA) is 59.1 Å². The van der Waals surface area contributed by atoms with Crippen molar-refractivity contribution in [2.75, 3.05) is 26.4 Å². The van der Waals surface area contributed by atoms with Crippen LogP contribution in [-0.2, 0) is 4.79 Å². The molecule has 6 heteroatoms. The number of nitrogens with zero attached hydrogens (tertiary/aromatic N) is 2. The first kappa shape index (κ1) is 19.5. The van der Waals surface area contributed by atoms with Gasteiger partial charge in [0.25, 0.3) is 5.91 Å². The van der Waals surface area contributed by atoms with E-state index in [1.807, 2.05) is 11.8 Å². The molecule has 1 unspecified atom stereocenters. The normalized spacial score (nSPS) is 18.2. The number of amides is 2. The highest BCUT2D eigenvalue weighted by molar-refractivity contribution is 5.98. The fourth-order valence-electron chi connectivity index (χ4n) is 3.91. The summed E-state index contributed by atoms with van der Waals surface area (Å²) in [5.41, 5.74) is 0.544. The minimum Gasteiger partial charge on any atom is -0.454 e. The second kappa shape index (κ2) is 8.63. The number of hydrogen-bond acceptors (Lipinski definition) is 4. The van der Waals surface area contributed by atoms with Crippen molar-refractivity contribution in [2.24, 2.45) is 5.92 Å². The van der Waals surface area contributed by atoms with Crippen molar-refractivity contribution in [1.29, 1.82) is 0 Å². The smallest absolute Gasteiger partial charge is 0.254 e. The van der Waals surface area contributed by atoms with E-state index >= 15 is 0 Å². The van der Waals surface area contributed by atoms with E-state index in [2.05, 4.69) is 13.8 Å². The van der Waals surface area contributed by atoms with Crippen molar-refractivity contribution in [1.82, 2.24) is 9.80 Å². The van der Waals surface area contributed by atoms with E-state index in [9.17, 15) is 9.59 Å². The molecule has 0 bridgehead atoms. The number of carbonyl (C=O) groups is 2. The first-order valence-corrected chi connectivity index (χ1v) is 10.1. The zero-order valence-corrected chi connectivity index (χ0v) is 16.6. The van der Waals surface area contributed by atoms with Crippen molar-refractivity contribution in [2.45, 2.75) is 52.5 Å². The van der Waals surface area contributed by atoms with Gasteiger partial charge in [0.05, 0.1) is 0 Å². The summed E-state index contributed by atoms with van der Waals surface area (Å²) >= 11 is 0. The van der Waals surface area contributed by atoms with Crippen LogP contribution in [0.4, 0.5) is 0 Å². The van der Waals surface area contributed by atoms with Crippen LogP contribution in [0.15, 0.2) is 18.2 Å². The van der Waals surface area contributed by atoms with Gasteiger partial charge in [0.2, 0.25) is 12.7 Å². The molecule has 0 saturated carbocycles. The van der Waals surface area contributed by atoms with Crippen LogP contribution in [-0.4, -0.2) is 54.1 Å². The molecule has 0 radical (unpaired) electrons. The molecule has 6 nitrogen and oxygen atoms in total. The Labute approximate surface area is 161 Å². The zero-order chi connectivity index (χ0) is 19.4. The minimum atomic E-state index is -0.364. The highest BCUT2D eigenvalue weighted by Crippen LogP contribution is 2.33. The molecule has 0 N–H and O–H groups in total. The maximum Gasteiger partial charge on any atom is 0.254 e. The fourth-order valence-corrected chi connectivity index (χ4v) is 3.91. The zero-order valence-electron chi connectivity index (χ0n) is 16.6. The van der Waals surface area contributed by atoms with E-state index < -0.39 is 0 Å². The van der Waals surface area contributed by atoms with E-state index in [-0.39, 0.29) is 24.6 Å². The second-order valence-electron chi connectivity index (χ2n) is 7.28. The number of rotatable bonds is 7. The van der Waals surface area contributed by atoms with Gasteiger partial charge >= 0.3 is 0 Å². The van der Waals surface area contributed by atoms with Gasteiger partial charge in [-0.1, -0.05) is 26.7 Å². The Morgan fingerprint density at radius 2 is 1.93 bits per heavy atom. The molecule has 0 aliphatic carbocycles. The summed E-state index contributed by atoms with van der Waals surface area (Å²) in [5, 5.41) is 0. The Bertz CT molecular complexity index is 687. The lowest BCUT2D eigenvalue weighted by Crippen LogP contribution is -2.48. The SMILES string of the molecule is CCC(CC)CN(CC)C(=O)C1CCCN1C(=O)c1ccc2c(c1)OCO2. The molecular formula is C21H30N2O4. The molecule has 1 aromatic carbocycles. The highest BCUT2D eigenvalue weighted by atomic mass is 16.7. The fraction of sp³-hybridized carbons (Fsp3) is 0.619. The summed E-state index contributed by atoms with van der Waals surface area (Å²) in [6.45, 7) is 8.59. The van der Waals surface area contributed by atoms with Crippen LogP contribution in [0.25, 0.3) is 0 Å². The average Bonchev–Trinajstić information content (AvgIpc) is 3.36. The van der Waals surface area contributed by atoms with E-state index in [0.717, 1.165) is 32.2 Å². The number of benzene rings is 1. The van der Waals surface area contributed by atoms with Crippen molar-refractivity contribution in [3.63, 3.8) is 0 Å². The quantitative estimate of drug-likeness (QED) is 0.735. The van der Waals surface area contributed by atoms with Crippen LogP contribution >= 0.6 is 0 Å². The van der Waals surface area contributed by atoms with E-state index in [0.29, 0.717) is 36.1 Å². The van der Waals surface area contributed by atoms with Gasteiger partial charge in [-0.3, -0.25) is 9.59 Å². The second-order valence-corrected chi connectivity index (χ2v) is 7.28. The molecule has 1 atom stereocenters. The van der Waals surface area contributed by atoms with E-state index in [1.165, 1.54) is 0 Å². The summed E-state index contributed by atoms with van der Waals surface area (Å²) in [7, 11) is 0. The van der Waals surface area contributed by atoms with Gasteiger partial charge in [-0.2, -0.15) is 0 Å². The standard InChI is InChI=1S/C21H30N2O4/c1-4-15(5-2)13-22(6-3)21(25)17-8-7-11-23(17)20(24)16-9-10-18-19(12-16)27-14-26-18/h9-10,12,15,17H,4-8,11,13-14H2,1-3H3. The maximum atomic E-state index is 13.2. The summed E-state index contributed by atoms with van der Waals surface area (Å²) in [5.74, 6) is 1.72. The molecule has 3 rings (SSSR count). The van der Waals surface area contributed by atoms with Crippen LogP contribution < -0.4 is 9.47 Å². The summed E-state index contributed by atoms with van der Waals surface area (Å²) in [6, 6.07) is 4.86. The first-order chi connectivity index (χ1) is 13.1. The maximum absolute atomic E-state index is 13.2. The molecular weight excluding hydrogens is 344 g/mol. The number of likely N-dealkylation sites (N-methyl/N-ethyl adjacent to an activating group) is 1. The van der Waals surface area contributed by atoms with E-state index in [1.54, 1.807) is 23.1 Å². The first-order valence-electron chi connectivity index (χ1n) is 10.1. The Morgan fingerprint density at radius 1 is 1.19 bits per heavy atom. The third kappa shape index (κ3) is 4.04. The van der Waals surface area contributed by atoms with Gasteiger partial charge in [-0.05, 0) is 43.9 Å². The van der Waals surface area contributed by atoms with Gasteiger partial charge in [0, 0.05) is 25.2 Å². The Hall–Kier alpha value is -2.24. The number of likely N-dealkylation sites (tertiary alicyclic amines) is 1. The lowest BCUT2D eigenvalue weighted by atomic mass is 10.0. The molecule has 2 aliphatic heterocycles. The Balaban J connectivity index is 1.73. The Morgan fingerprint density at radius 3 is 2.63 bits per heavy atom. The molecule has 0 aromatic heterocycles. The molecule has 148 valence electrons. The van der Waals surface area contributed by atoms with Gasteiger partial charge in [0.15, 0.2) is 11.5 Å². The lowest BCUT2D eigenvalue weighted by molar-refractivity contribution is -0.135. The average molecular weight is 374 g/mol. The molecule has 1 fully saturated rings. The van der Waals surface area contributed by atoms with Crippen LogP contribution in [0.5, 0.6) is 11.5 Å². The van der Waals surface area contributed by atoms with Crippen LogP contribution in [0.1, 0.15) is 56.8 Å². The van der Waals surface area contributed by atoms with E-state index in [4.69, 9.17) is 9.47 Å². The molecule has 1 aromatic rings. The van der Waals surface area contributed by atoms with Crippen LogP contribution in [0, 0.1) is 5.92 Å². The highest BCUT2D eigenvalue weighted by Gasteiger charge is 2.37. The predicted molar refractivity (Wildman–Crippen MR) is 103 cm³/mol. The lowest BCUT2D eigenvalue weighted by Gasteiger charge is -2.31. The third-order valence-corrected chi connectivity index (χ3v) is 5.74. The van der Waals surface area contributed by atoms with Crippen molar-refractivity contribution >= 4 is 11.8 Å². The van der Waals surface area contributed by atoms with Crippen molar-refractivity contribution in [3.8, 4) is 11.5 Å². The van der Waals surface area contributed by atoms with Gasteiger partial charge in [-0.25, -0.2) is 0 Å². The molecule has 0 spiro atoms. The minimum absolute atomic E-state index is 0.0796. The van der Waals surface area contributed by atoms with Gasteiger partial charge in [0.1, 0.15) is 6.04 Å². The molecule has 2 aliphatic rings. The molecule has 1 saturated heterocycles. The van der Waals surface area contributed by atoms with Crippen LogP contribution in [0.3, 0.4) is 0 Å². The summed E-state index contributed by atoms with van der Waals surface area (Å²) in [6.07, 6.45) is 3.71. The number of ether oxygens (including phenoxy) is 2. The van der Waals surface area contributed by atoms with Crippen LogP contribution in [0.2, 0.25) is 0 Å². The number of hydrogen-bond donors (Lipinski definition) is 0. The van der Waals surface area contributed by atoms with Gasteiger partial charge < -0.3 is 19.3 Å². The van der Waals surface area contributed by atoms with Crippen molar-refractivity contribution < 1.29 is 19.1 Å². The predicted octanol–water partition coefficient (Wildman–Crippen LogP) is 3.30. The number of fused-ring (bicyclic) bond motifs is 1.